The van der Waals surface area contributed by atoms with E-state index in [2.05, 4.69) is 23.3 Å². The third-order valence-corrected chi connectivity index (χ3v) is 6.55. The minimum absolute atomic E-state index is 0.120. The fourth-order valence-electron chi connectivity index (χ4n) is 3.70. The van der Waals surface area contributed by atoms with Crippen molar-refractivity contribution < 1.29 is 9.47 Å². The molecule has 1 saturated carbocycles. The molecule has 122 valence electrons. The van der Waals surface area contributed by atoms with Gasteiger partial charge in [-0.25, -0.2) is 0 Å². The lowest BCUT2D eigenvalue weighted by atomic mass is 9.88. The number of thiophene rings is 1. The van der Waals surface area contributed by atoms with Gasteiger partial charge in [-0.05, 0) is 55.5 Å². The molecule has 3 heterocycles. The first kappa shape index (κ1) is 15.1. The van der Waals surface area contributed by atoms with E-state index in [-0.39, 0.29) is 5.60 Å². The van der Waals surface area contributed by atoms with E-state index in [0.29, 0.717) is 6.10 Å². The van der Waals surface area contributed by atoms with Crippen LogP contribution >= 0.6 is 11.3 Å². The number of hydrogen-bond donors (Lipinski definition) is 0. The molecule has 1 atom stereocenters. The van der Waals surface area contributed by atoms with Gasteiger partial charge in [-0.3, -0.25) is 4.90 Å². The SMILES string of the molecule is Cc1ccsc1CN1CCC2(CC1)C[C@@H](OCC1CC1)CO2. The second kappa shape index (κ2) is 6.23. The van der Waals surface area contributed by atoms with Crippen LogP contribution in [0.25, 0.3) is 0 Å². The molecule has 3 aliphatic rings. The zero-order chi connectivity index (χ0) is 15.0. The van der Waals surface area contributed by atoms with Gasteiger partial charge < -0.3 is 9.47 Å². The maximum Gasteiger partial charge on any atom is 0.0836 e. The van der Waals surface area contributed by atoms with Crippen LogP contribution in [0.3, 0.4) is 0 Å². The molecule has 1 aromatic heterocycles. The lowest BCUT2D eigenvalue weighted by Gasteiger charge is -2.38. The van der Waals surface area contributed by atoms with Crippen LogP contribution in [-0.4, -0.2) is 42.9 Å². The minimum atomic E-state index is 0.120. The smallest absolute Gasteiger partial charge is 0.0836 e. The quantitative estimate of drug-likeness (QED) is 0.827. The first-order valence-corrected chi connectivity index (χ1v) is 9.61. The molecular weight excluding hydrogens is 294 g/mol. The Bertz CT molecular complexity index is 503. The van der Waals surface area contributed by atoms with Gasteiger partial charge in [0.05, 0.1) is 18.3 Å². The lowest BCUT2D eigenvalue weighted by Crippen LogP contribution is -2.43. The number of ether oxygens (including phenoxy) is 2. The third-order valence-electron chi connectivity index (χ3n) is 5.54. The van der Waals surface area contributed by atoms with Crippen molar-refractivity contribution in [3.63, 3.8) is 0 Å². The summed E-state index contributed by atoms with van der Waals surface area (Å²) in [5.41, 5.74) is 1.56. The van der Waals surface area contributed by atoms with Crippen molar-refractivity contribution in [2.45, 2.75) is 57.3 Å². The van der Waals surface area contributed by atoms with Crippen LogP contribution in [0.15, 0.2) is 11.4 Å². The van der Waals surface area contributed by atoms with Gasteiger partial charge in [0.2, 0.25) is 0 Å². The number of piperidine rings is 1. The Kier molecular flexibility index (Phi) is 4.29. The van der Waals surface area contributed by atoms with Crippen molar-refractivity contribution in [3.05, 3.63) is 21.9 Å². The van der Waals surface area contributed by atoms with Crippen LogP contribution in [0.2, 0.25) is 0 Å². The van der Waals surface area contributed by atoms with Gasteiger partial charge in [0, 0.05) is 37.5 Å². The first-order valence-electron chi connectivity index (χ1n) is 8.73. The average Bonchev–Trinajstić information content (AvgIpc) is 3.16. The van der Waals surface area contributed by atoms with Crippen LogP contribution in [0.1, 0.15) is 42.5 Å². The Morgan fingerprint density at radius 2 is 2.18 bits per heavy atom. The molecule has 0 aromatic carbocycles. The van der Waals surface area contributed by atoms with Crippen LogP contribution in [0.5, 0.6) is 0 Å². The molecule has 4 rings (SSSR count). The van der Waals surface area contributed by atoms with E-state index in [1.54, 1.807) is 0 Å². The monoisotopic (exact) mass is 321 g/mol. The van der Waals surface area contributed by atoms with Gasteiger partial charge in [-0.15, -0.1) is 11.3 Å². The summed E-state index contributed by atoms with van der Waals surface area (Å²) in [5, 5.41) is 2.21. The van der Waals surface area contributed by atoms with Crippen LogP contribution in [0.4, 0.5) is 0 Å². The van der Waals surface area contributed by atoms with E-state index in [4.69, 9.17) is 9.47 Å². The lowest BCUT2D eigenvalue weighted by molar-refractivity contribution is -0.0465. The van der Waals surface area contributed by atoms with Gasteiger partial charge in [0.1, 0.15) is 0 Å². The normalized spacial score (nSPS) is 28.5. The molecule has 1 aliphatic carbocycles. The van der Waals surface area contributed by atoms with Gasteiger partial charge in [-0.2, -0.15) is 0 Å². The van der Waals surface area contributed by atoms with Crippen molar-refractivity contribution >= 4 is 11.3 Å². The number of likely N-dealkylation sites (tertiary alicyclic amines) is 1. The molecular formula is C18H27NO2S. The summed E-state index contributed by atoms with van der Waals surface area (Å²) in [5.74, 6) is 0.854. The molecule has 2 saturated heterocycles. The molecule has 0 bridgehead atoms. The molecule has 0 N–H and O–H groups in total. The van der Waals surface area contributed by atoms with Crippen LogP contribution in [-0.2, 0) is 16.0 Å². The van der Waals surface area contributed by atoms with Gasteiger partial charge in [0.25, 0.3) is 0 Å². The Morgan fingerprint density at radius 1 is 1.36 bits per heavy atom. The molecule has 0 unspecified atom stereocenters. The summed E-state index contributed by atoms with van der Waals surface area (Å²) in [6.45, 7) is 7.43. The van der Waals surface area contributed by atoms with Gasteiger partial charge in [0.15, 0.2) is 0 Å². The van der Waals surface area contributed by atoms with Crippen LogP contribution in [0, 0.1) is 12.8 Å². The Morgan fingerprint density at radius 3 is 2.86 bits per heavy atom. The molecule has 3 fully saturated rings. The molecule has 1 aromatic rings. The highest BCUT2D eigenvalue weighted by Crippen LogP contribution is 2.38. The van der Waals surface area contributed by atoms with E-state index in [1.807, 2.05) is 11.3 Å². The van der Waals surface area contributed by atoms with E-state index in [0.717, 1.165) is 45.2 Å². The summed E-state index contributed by atoms with van der Waals surface area (Å²) in [6.07, 6.45) is 6.55. The number of aryl methyl sites for hydroxylation is 1. The summed E-state index contributed by atoms with van der Waals surface area (Å²) < 4.78 is 12.3. The number of rotatable bonds is 5. The second-order valence-electron chi connectivity index (χ2n) is 7.40. The van der Waals surface area contributed by atoms with Crippen molar-refractivity contribution in [2.24, 2.45) is 5.92 Å². The average molecular weight is 321 g/mol. The molecule has 4 heteroatoms. The maximum atomic E-state index is 6.20. The summed E-state index contributed by atoms with van der Waals surface area (Å²) in [4.78, 5) is 4.11. The zero-order valence-corrected chi connectivity index (χ0v) is 14.4. The van der Waals surface area contributed by atoms with Crippen molar-refractivity contribution in [3.8, 4) is 0 Å². The Hall–Kier alpha value is -0.420. The number of hydrogen-bond acceptors (Lipinski definition) is 4. The van der Waals surface area contributed by atoms with Gasteiger partial charge in [-0.1, -0.05) is 0 Å². The van der Waals surface area contributed by atoms with E-state index in [9.17, 15) is 0 Å². The fourth-order valence-corrected chi connectivity index (χ4v) is 4.65. The largest absolute Gasteiger partial charge is 0.375 e. The van der Waals surface area contributed by atoms with Crippen LogP contribution < -0.4 is 0 Å². The topological polar surface area (TPSA) is 21.7 Å². The van der Waals surface area contributed by atoms with Crippen molar-refractivity contribution in [1.82, 2.24) is 4.90 Å². The van der Waals surface area contributed by atoms with Crippen molar-refractivity contribution in [1.29, 1.82) is 0 Å². The molecule has 22 heavy (non-hydrogen) atoms. The summed E-state index contributed by atoms with van der Waals surface area (Å²) in [7, 11) is 0. The van der Waals surface area contributed by atoms with Gasteiger partial charge >= 0.3 is 0 Å². The first-order chi connectivity index (χ1) is 10.7. The molecule has 2 aliphatic heterocycles. The molecule has 0 amide bonds. The molecule has 3 nitrogen and oxygen atoms in total. The van der Waals surface area contributed by atoms with E-state index >= 15 is 0 Å². The third kappa shape index (κ3) is 3.40. The van der Waals surface area contributed by atoms with E-state index in [1.165, 1.54) is 36.1 Å². The highest BCUT2D eigenvalue weighted by molar-refractivity contribution is 7.10. The zero-order valence-electron chi connectivity index (χ0n) is 13.6. The molecule has 1 spiro atoms. The highest BCUT2D eigenvalue weighted by Gasteiger charge is 2.43. The summed E-state index contributed by atoms with van der Waals surface area (Å²) in [6, 6.07) is 2.23. The fraction of sp³-hybridized carbons (Fsp3) is 0.778. The predicted octanol–water partition coefficient (Wildman–Crippen LogP) is 3.61. The standard InChI is InChI=1S/C18H27NO2S/c1-14-4-9-22-17(14)11-19-7-5-18(6-8-19)10-16(13-21-18)20-12-15-2-3-15/h4,9,15-16H,2-3,5-8,10-13H2,1H3/t16-/m1/s1. The summed E-state index contributed by atoms with van der Waals surface area (Å²) >= 11 is 1.89. The van der Waals surface area contributed by atoms with Crippen molar-refractivity contribution in [2.75, 3.05) is 26.3 Å². The molecule has 0 radical (unpaired) electrons. The minimum Gasteiger partial charge on any atom is -0.375 e. The Balaban J connectivity index is 1.25. The maximum absolute atomic E-state index is 6.20. The predicted molar refractivity (Wildman–Crippen MR) is 89.3 cm³/mol. The second-order valence-corrected chi connectivity index (χ2v) is 8.40. The number of nitrogens with zero attached hydrogens (tertiary/aromatic N) is 1. The highest BCUT2D eigenvalue weighted by atomic mass is 32.1. The Labute approximate surface area is 137 Å². The van der Waals surface area contributed by atoms with E-state index < -0.39 is 0 Å².